The molecule has 0 saturated heterocycles. The minimum absolute atomic E-state index is 0.0133. The van der Waals surface area contributed by atoms with Gasteiger partial charge in [0.15, 0.2) is 0 Å². The fraction of sp³-hybridized carbons (Fsp3) is 0. The maximum absolute atomic E-state index is 11.5. The van der Waals surface area contributed by atoms with Crippen molar-refractivity contribution in [2.75, 3.05) is 0 Å². The van der Waals surface area contributed by atoms with Crippen LogP contribution in [0, 0.1) is 0 Å². The van der Waals surface area contributed by atoms with Crippen LogP contribution in [-0.2, 0) is 4.79 Å². The van der Waals surface area contributed by atoms with E-state index in [2.05, 4.69) is 10.2 Å². The molecule has 0 unspecified atom stereocenters. The van der Waals surface area contributed by atoms with Gasteiger partial charge in [0.25, 0.3) is 5.22 Å². The molecule has 126 valence electrons. The van der Waals surface area contributed by atoms with Gasteiger partial charge in [0.05, 0.1) is 0 Å². The van der Waals surface area contributed by atoms with Crippen LogP contribution in [0.15, 0.2) is 63.1 Å². The molecule has 8 heteroatoms. The molecule has 0 aliphatic carbocycles. The predicted molar refractivity (Wildman–Crippen MR) is 97.7 cm³/mol. The van der Waals surface area contributed by atoms with Crippen LogP contribution >= 0.6 is 35.0 Å². The molecule has 3 aromatic rings. The molecule has 1 heterocycles. The molecule has 0 bridgehead atoms. The monoisotopic (exact) mass is 392 g/mol. The van der Waals surface area contributed by atoms with E-state index in [4.69, 9.17) is 27.6 Å². The van der Waals surface area contributed by atoms with Crippen LogP contribution in [0.4, 0.5) is 0 Å². The molecule has 25 heavy (non-hydrogen) atoms. The van der Waals surface area contributed by atoms with Gasteiger partial charge in [-0.05, 0) is 53.7 Å². The lowest BCUT2D eigenvalue weighted by Crippen LogP contribution is -1.97. The second-order valence-corrected chi connectivity index (χ2v) is 6.65. The van der Waals surface area contributed by atoms with E-state index in [0.29, 0.717) is 21.2 Å². The maximum Gasteiger partial charge on any atom is 0.342 e. The van der Waals surface area contributed by atoms with Gasteiger partial charge < -0.3 is 9.52 Å². The Hall–Kier alpha value is -2.28. The van der Waals surface area contributed by atoms with E-state index in [-0.39, 0.29) is 16.0 Å². The quantitative estimate of drug-likeness (QED) is 0.471. The summed E-state index contributed by atoms with van der Waals surface area (Å²) in [4.78, 5) is 11.5. The van der Waals surface area contributed by atoms with Gasteiger partial charge in [0, 0.05) is 15.6 Å². The molecule has 5 nitrogen and oxygen atoms in total. The van der Waals surface area contributed by atoms with Gasteiger partial charge in [0.2, 0.25) is 5.89 Å². The largest absolute Gasteiger partial charge is 0.477 e. The first-order valence-corrected chi connectivity index (χ1v) is 8.57. The second kappa shape index (κ2) is 7.74. The number of aromatic nitrogens is 2. The van der Waals surface area contributed by atoms with E-state index in [0.717, 1.165) is 11.8 Å². The summed E-state index contributed by atoms with van der Waals surface area (Å²) in [6.07, 6.45) is 1.46. The van der Waals surface area contributed by atoms with Crippen molar-refractivity contribution in [2.24, 2.45) is 0 Å². The summed E-state index contributed by atoms with van der Waals surface area (Å²) in [7, 11) is 0. The fourth-order valence-corrected chi connectivity index (χ4v) is 2.90. The van der Waals surface area contributed by atoms with Crippen molar-refractivity contribution in [3.05, 3.63) is 69.0 Å². The van der Waals surface area contributed by atoms with Crippen LogP contribution in [0.3, 0.4) is 0 Å². The molecule has 0 spiro atoms. The number of hydrogen-bond acceptors (Lipinski definition) is 5. The number of hydrogen-bond donors (Lipinski definition) is 1. The Kier molecular flexibility index (Phi) is 5.43. The third-order valence-electron chi connectivity index (χ3n) is 3.10. The lowest BCUT2D eigenvalue weighted by Gasteiger charge is -2.01. The SMILES string of the molecule is O=C(O)/C(=C/c1ccccc1Cl)Sc1nnc(-c2ccc(Cl)cc2)o1. The van der Waals surface area contributed by atoms with Gasteiger partial charge >= 0.3 is 5.97 Å². The number of carboxylic acids is 1. The highest BCUT2D eigenvalue weighted by Gasteiger charge is 2.16. The highest BCUT2D eigenvalue weighted by atomic mass is 35.5. The van der Waals surface area contributed by atoms with Crippen LogP contribution < -0.4 is 0 Å². The third kappa shape index (κ3) is 4.42. The molecule has 1 aromatic heterocycles. The maximum atomic E-state index is 11.5. The van der Waals surface area contributed by atoms with Crippen molar-refractivity contribution in [2.45, 2.75) is 5.22 Å². The molecule has 0 radical (unpaired) electrons. The third-order valence-corrected chi connectivity index (χ3v) is 4.55. The minimum Gasteiger partial charge on any atom is -0.477 e. The summed E-state index contributed by atoms with van der Waals surface area (Å²) in [5, 5.41) is 18.4. The smallest absolute Gasteiger partial charge is 0.342 e. The number of halogens is 2. The molecule has 0 fully saturated rings. The van der Waals surface area contributed by atoms with E-state index in [1.54, 1.807) is 48.5 Å². The van der Waals surface area contributed by atoms with Crippen molar-refractivity contribution >= 4 is 47.0 Å². The van der Waals surface area contributed by atoms with Crippen molar-refractivity contribution < 1.29 is 14.3 Å². The first-order chi connectivity index (χ1) is 12.0. The second-order valence-electron chi connectivity index (χ2n) is 4.82. The molecule has 0 aliphatic heterocycles. The Morgan fingerprint density at radius 1 is 1.08 bits per heavy atom. The first kappa shape index (κ1) is 17.5. The zero-order valence-corrected chi connectivity index (χ0v) is 14.8. The summed E-state index contributed by atoms with van der Waals surface area (Å²) >= 11 is 12.8. The van der Waals surface area contributed by atoms with E-state index >= 15 is 0 Å². The van der Waals surface area contributed by atoms with E-state index in [1.165, 1.54) is 6.08 Å². The molecule has 0 saturated carbocycles. The summed E-state index contributed by atoms with van der Waals surface area (Å²) in [6, 6.07) is 13.8. The van der Waals surface area contributed by atoms with Gasteiger partial charge in [-0.25, -0.2) is 4.79 Å². The number of nitrogens with zero attached hydrogens (tertiary/aromatic N) is 2. The number of carbonyl (C=O) groups is 1. The Morgan fingerprint density at radius 2 is 1.80 bits per heavy atom. The Labute approximate surface area is 157 Å². The lowest BCUT2D eigenvalue weighted by atomic mass is 10.2. The number of rotatable bonds is 5. The molecule has 2 aromatic carbocycles. The zero-order chi connectivity index (χ0) is 17.8. The van der Waals surface area contributed by atoms with Crippen LogP contribution in [-0.4, -0.2) is 21.3 Å². The van der Waals surface area contributed by atoms with E-state index in [1.807, 2.05) is 0 Å². The Balaban J connectivity index is 1.85. The summed E-state index contributed by atoms with van der Waals surface area (Å²) in [6.45, 7) is 0. The van der Waals surface area contributed by atoms with Crippen molar-refractivity contribution in [1.29, 1.82) is 0 Å². The van der Waals surface area contributed by atoms with Gasteiger partial charge in [-0.2, -0.15) is 0 Å². The van der Waals surface area contributed by atoms with Crippen LogP contribution in [0.5, 0.6) is 0 Å². The summed E-state index contributed by atoms with van der Waals surface area (Å²) in [5.41, 5.74) is 1.28. The van der Waals surface area contributed by atoms with Gasteiger partial charge in [-0.3, -0.25) is 0 Å². The van der Waals surface area contributed by atoms with E-state index in [9.17, 15) is 9.90 Å². The molecule has 0 amide bonds. The fourth-order valence-electron chi connectivity index (χ4n) is 1.92. The lowest BCUT2D eigenvalue weighted by molar-refractivity contribution is -0.131. The van der Waals surface area contributed by atoms with Crippen LogP contribution in [0.25, 0.3) is 17.5 Å². The first-order valence-electron chi connectivity index (χ1n) is 7.00. The average molecular weight is 393 g/mol. The predicted octanol–water partition coefficient (Wildman–Crippen LogP) is 5.26. The van der Waals surface area contributed by atoms with Gasteiger partial charge in [-0.1, -0.05) is 41.4 Å². The van der Waals surface area contributed by atoms with Gasteiger partial charge in [-0.15, -0.1) is 10.2 Å². The number of benzene rings is 2. The number of carboxylic acid groups (broad SMARTS) is 1. The summed E-state index contributed by atoms with van der Waals surface area (Å²) in [5.74, 6) is -0.835. The highest BCUT2D eigenvalue weighted by molar-refractivity contribution is 8.03. The zero-order valence-electron chi connectivity index (χ0n) is 12.5. The van der Waals surface area contributed by atoms with Gasteiger partial charge in [0.1, 0.15) is 4.91 Å². The molecule has 3 rings (SSSR count). The van der Waals surface area contributed by atoms with Crippen LogP contribution in [0.1, 0.15) is 5.56 Å². The molecule has 0 aliphatic rings. The standard InChI is InChI=1S/C17H10Cl2N2O3S/c18-12-7-5-10(6-8-12)15-20-21-17(24-15)25-14(16(22)23)9-11-3-1-2-4-13(11)19/h1-9H,(H,22,23)/b14-9-. The molecular weight excluding hydrogens is 383 g/mol. The Morgan fingerprint density at radius 3 is 2.48 bits per heavy atom. The highest BCUT2D eigenvalue weighted by Crippen LogP contribution is 2.31. The molecule has 0 atom stereocenters. The van der Waals surface area contributed by atoms with Crippen LogP contribution in [0.2, 0.25) is 10.0 Å². The average Bonchev–Trinajstić information content (AvgIpc) is 3.05. The molecule has 1 N–H and O–H groups in total. The van der Waals surface area contributed by atoms with Crippen molar-refractivity contribution in [3.8, 4) is 11.5 Å². The van der Waals surface area contributed by atoms with Crippen molar-refractivity contribution in [1.82, 2.24) is 10.2 Å². The minimum atomic E-state index is -1.11. The number of thioether (sulfide) groups is 1. The normalized spacial score (nSPS) is 11.5. The topological polar surface area (TPSA) is 76.2 Å². The van der Waals surface area contributed by atoms with E-state index < -0.39 is 5.97 Å². The summed E-state index contributed by atoms with van der Waals surface area (Å²) < 4.78 is 5.52. The Bertz CT molecular complexity index is 939. The van der Waals surface area contributed by atoms with Crippen molar-refractivity contribution in [3.63, 3.8) is 0 Å². The molecular formula is C17H10Cl2N2O3S. The number of aliphatic carboxylic acids is 1.